The summed E-state index contributed by atoms with van der Waals surface area (Å²) in [6.07, 6.45) is 1.97. The number of hydrogen-bond donors (Lipinski definition) is 0. The van der Waals surface area contributed by atoms with E-state index in [2.05, 4.69) is 41.1 Å². The van der Waals surface area contributed by atoms with Crippen LogP contribution in [0.3, 0.4) is 0 Å². The van der Waals surface area contributed by atoms with Crippen molar-refractivity contribution in [3.8, 4) is 0 Å². The molecule has 0 saturated carbocycles. The van der Waals surface area contributed by atoms with Crippen molar-refractivity contribution >= 4 is 27.8 Å². The molecule has 2 rings (SSSR count). The van der Waals surface area contributed by atoms with Gasteiger partial charge in [-0.05, 0) is 54.6 Å². The van der Waals surface area contributed by atoms with E-state index >= 15 is 0 Å². The number of benzene rings is 1. The minimum Gasteiger partial charge on any atom is -0.372 e. The molecule has 19 heavy (non-hydrogen) atoms. The second kappa shape index (κ2) is 6.43. The van der Waals surface area contributed by atoms with Gasteiger partial charge in [-0.1, -0.05) is 0 Å². The highest BCUT2D eigenvalue weighted by Crippen LogP contribution is 2.22. The van der Waals surface area contributed by atoms with Gasteiger partial charge in [0.15, 0.2) is 0 Å². The Morgan fingerprint density at radius 2 is 1.79 bits per heavy atom. The van der Waals surface area contributed by atoms with Crippen LogP contribution in [-0.4, -0.2) is 13.1 Å². The summed E-state index contributed by atoms with van der Waals surface area (Å²) in [5.41, 5.74) is 2.11. The fourth-order valence-electron chi connectivity index (χ4n) is 1.84. The minimum atomic E-state index is 0.879. The molecule has 0 atom stereocenters. The van der Waals surface area contributed by atoms with Crippen molar-refractivity contribution in [2.75, 3.05) is 18.0 Å². The molecule has 0 saturated heterocycles. The molecule has 0 unspecified atom stereocenters. The number of hydrogen-bond acceptors (Lipinski definition) is 4. The third-order valence-corrected chi connectivity index (χ3v) is 3.83. The number of aryl methyl sites for hydroxylation is 1. The van der Waals surface area contributed by atoms with E-state index in [9.17, 15) is 0 Å². The molecule has 2 aromatic rings. The standard InChI is InChI=1S/C14H19N4S/c1-4-18(5-2)13-8-6-12(7-9-13)15-16-14-17(3)10-11-19-14/h6-11H,4-5H2,1-3H3/q+1. The molecule has 100 valence electrons. The quantitative estimate of drug-likeness (QED) is 0.602. The van der Waals surface area contributed by atoms with E-state index in [1.54, 1.807) is 11.3 Å². The summed E-state index contributed by atoms with van der Waals surface area (Å²) in [6.45, 7) is 6.35. The molecule has 0 amide bonds. The Morgan fingerprint density at radius 1 is 1.11 bits per heavy atom. The summed E-state index contributed by atoms with van der Waals surface area (Å²) < 4.78 is 1.96. The van der Waals surface area contributed by atoms with E-state index in [4.69, 9.17) is 0 Å². The van der Waals surface area contributed by atoms with Crippen molar-refractivity contribution in [2.24, 2.45) is 17.3 Å². The molecule has 0 N–H and O–H groups in total. The highest BCUT2D eigenvalue weighted by molar-refractivity contribution is 7.12. The van der Waals surface area contributed by atoms with E-state index in [0.717, 1.165) is 23.9 Å². The summed E-state index contributed by atoms with van der Waals surface area (Å²) in [7, 11) is 1.97. The molecule has 0 aliphatic carbocycles. The number of anilines is 1. The summed E-state index contributed by atoms with van der Waals surface area (Å²) in [4.78, 5) is 2.31. The van der Waals surface area contributed by atoms with Gasteiger partial charge in [-0.2, -0.15) is 0 Å². The largest absolute Gasteiger partial charge is 0.408 e. The molecule has 4 nitrogen and oxygen atoms in total. The Balaban J connectivity index is 2.11. The van der Waals surface area contributed by atoms with Crippen LogP contribution in [0.2, 0.25) is 0 Å². The second-order valence-electron chi connectivity index (χ2n) is 4.19. The average Bonchev–Trinajstić information content (AvgIpc) is 2.85. The fraction of sp³-hybridized carbons (Fsp3) is 0.357. The Labute approximate surface area is 118 Å². The first-order valence-corrected chi connectivity index (χ1v) is 7.32. The van der Waals surface area contributed by atoms with Crippen LogP contribution in [0.1, 0.15) is 13.8 Å². The van der Waals surface area contributed by atoms with E-state index in [1.165, 1.54) is 5.69 Å². The highest BCUT2D eigenvalue weighted by atomic mass is 32.1. The Hall–Kier alpha value is -1.75. The lowest BCUT2D eigenvalue weighted by molar-refractivity contribution is -0.654. The van der Waals surface area contributed by atoms with Crippen LogP contribution >= 0.6 is 11.3 Å². The average molecular weight is 275 g/mol. The van der Waals surface area contributed by atoms with E-state index in [0.29, 0.717) is 0 Å². The number of thiazole rings is 1. The lowest BCUT2D eigenvalue weighted by atomic mass is 10.2. The zero-order valence-corrected chi connectivity index (χ0v) is 12.4. The molecule has 5 heteroatoms. The Bertz CT molecular complexity index is 541. The van der Waals surface area contributed by atoms with Gasteiger partial charge in [0, 0.05) is 24.2 Å². The predicted molar refractivity (Wildman–Crippen MR) is 79.7 cm³/mol. The number of nitrogens with zero attached hydrogens (tertiary/aromatic N) is 4. The summed E-state index contributed by atoms with van der Waals surface area (Å²) in [5, 5.41) is 11.4. The predicted octanol–water partition coefficient (Wildman–Crippen LogP) is 3.83. The van der Waals surface area contributed by atoms with Gasteiger partial charge in [-0.25, -0.2) is 4.57 Å². The molecule has 0 fully saturated rings. The van der Waals surface area contributed by atoms with E-state index < -0.39 is 0 Å². The molecular formula is C14H19N4S+. The van der Waals surface area contributed by atoms with Gasteiger partial charge >= 0.3 is 5.13 Å². The van der Waals surface area contributed by atoms with Crippen molar-refractivity contribution in [2.45, 2.75) is 13.8 Å². The first-order chi connectivity index (χ1) is 9.24. The second-order valence-corrected chi connectivity index (χ2v) is 5.06. The van der Waals surface area contributed by atoms with Gasteiger partial charge in [-0.15, -0.1) is 0 Å². The van der Waals surface area contributed by atoms with Crippen molar-refractivity contribution < 1.29 is 4.57 Å². The molecule has 0 aliphatic heterocycles. The lowest BCUT2D eigenvalue weighted by Gasteiger charge is -2.20. The van der Waals surface area contributed by atoms with Crippen molar-refractivity contribution in [1.29, 1.82) is 0 Å². The van der Waals surface area contributed by atoms with Crippen LogP contribution in [0.25, 0.3) is 0 Å². The lowest BCUT2D eigenvalue weighted by Crippen LogP contribution is -2.23. The molecule has 0 aliphatic rings. The van der Waals surface area contributed by atoms with Crippen LogP contribution < -0.4 is 9.47 Å². The smallest absolute Gasteiger partial charge is 0.372 e. The van der Waals surface area contributed by atoms with Crippen molar-refractivity contribution in [1.82, 2.24) is 0 Å². The van der Waals surface area contributed by atoms with Crippen LogP contribution in [0.5, 0.6) is 0 Å². The topological polar surface area (TPSA) is 31.8 Å². The Morgan fingerprint density at radius 3 is 2.32 bits per heavy atom. The van der Waals surface area contributed by atoms with E-state index in [1.807, 2.05) is 35.3 Å². The normalized spacial score (nSPS) is 11.1. The molecular weight excluding hydrogens is 256 g/mol. The van der Waals surface area contributed by atoms with Crippen LogP contribution in [0, 0.1) is 0 Å². The monoisotopic (exact) mass is 275 g/mol. The molecule has 0 radical (unpaired) electrons. The van der Waals surface area contributed by atoms with Gasteiger partial charge < -0.3 is 4.90 Å². The first-order valence-electron chi connectivity index (χ1n) is 6.44. The first kappa shape index (κ1) is 13.7. The van der Waals surface area contributed by atoms with Crippen LogP contribution in [0.15, 0.2) is 46.1 Å². The number of azo groups is 1. The van der Waals surface area contributed by atoms with Crippen LogP contribution in [-0.2, 0) is 7.05 Å². The third-order valence-electron chi connectivity index (χ3n) is 2.99. The minimum absolute atomic E-state index is 0.879. The van der Waals surface area contributed by atoms with Crippen molar-refractivity contribution in [3.63, 3.8) is 0 Å². The number of rotatable bonds is 5. The van der Waals surface area contributed by atoms with Crippen LogP contribution in [0.4, 0.5) is 16.5 Å². The van der Waals surface area contributed by atoms with E-state index in [-0.39, 0.29) is 0 Å². The molecule has 0 bridgehead atoms. The molecule has 0 spiro atoms. The third kappa shape index (κ3) is 3.38. The van der Waals surface area contributed by atoms with Gasteiger partial charge in [0.2, 0.25) is 0 Å². The SMILES string of the molecule is CCN(CC)c1ccc(/N=N/c2scc[n+]2C)cc1. The zero-order chi connectivity index (χ0) is 13.7. The highest BCUT2D eigenvalue weighted by Gasteiger charge is 2.07. The van der Waals surface area contributed by atoms with Crippen molar-refractivity contribution in [3.05, 3.63) is 35.8 Å². The molecule has 1 heterocycles. The molecule has 1 aromatic carbocycles. The van der Waals surface area contributed by atoms with Gasteiger partial charge in [0.1, 0.15) is 11.9 Å². The maximum atomic E-state index is 4.26. The zero-order valence-electron chi connectivity index (χ0n) is 11.6. The maximum Gasteiger partial charge on any atom is 0.408 e. The molecule has 1 aromatic heterocycles. The Kier molecular flexibility index (Phi) is 4.63. The van der Waals surface area contributed by atoms with Gasteiger partial charge in [0.25, 0.3) is 0 Å². The summed E-state index contributed by atoms with van der Waals surface area (Å²) in [6, 6.07) is 8.20. The fourth-order valence-corrected chi connectivity index (χ4v) is 2.52. The van der Waals surface area contributed by atoms with Gasteiger partial charge in [0.05, 0.1) is 12.2 Å². The maximum absolute atomic E-state index is 4.26. The summed E-state index contributed by atoms with van der Waals surface area (Å²) in [5.74, 6) is 0. The summed E-state index contributed by atoms with van der Waals surface area (Å²) >= 11 is 1.58. The van der Waals surface area contributed by atoms with Gasteiger partial charge in [-0.3, -0.25) is 0 Å². The number of aromatic nitrogens is 1.